The van der Waals surface area contributed by atoms with Crippen LogP contribution < -0.4 is 14.2 Å². The second kappa shape index (κ2) is 17.2. The van der Waals surface area contributed by atoms with Crippen molar-refractivity contribution in [3.05, 3.63) is 130 Å². The van der Waals surface area contributed by atoms with Gasteiger partial charge in [0, 0.05) is 91.4 Å². The Bertz CT molecular complexity index is 2090. The zero-order valence-corrected chi connectivity index (χ0v) is 36.8. The van der Waals surface area contributed by atoms with Gasteiger partial charge in [-0.3, -0.25) is 0 Å². The highest BCUT2D eigenvalue weighted by Gasteiger charge is 2.45. The van der Waals surface area contributed by atoms with Gasteiger partial charge >= 0.3 is 0 Å². The number of rotatable bonds is 15. The maximum Gasteiger partial charge on any atom is 0.210 e. The Morgan fingerprint density at radius 3 is 2.23 bits per heavy atom. The van der Waals surface area contributed by atoms with Crippen molar-refractivity contribution in [3.8, 4) is 5.75 Å². The van der Waals surface area contributed by atoms with Crippen molar-refractivity contribution in [2.24, 2.45) is 12.5 Å². The largest absolute Gasteiger partial charge is 0.497 e. The Labute approximate surface area is 343 Å². The van der Waals surface area contributed by atoms with Gasteiger partial charge in [0.15, 0.2) is 24.7 Å². The van der Waals surface area contributed by atoms with Crippen LogP contribution >= 0.6 is 0 Å². The monoisotopic (exact) mass is 774 g/mol. The van der Waals surface area contributed by atoms with E-state index in [-0.39, 0.29) is 22.3 Å². The second-order valence-corrected chi connectivity index (χ2v) is 18.1. The third-order valence-corrected chi connectivity index (χ3v) is 12.1. The zero-order chi connectivity index (χ0) is 41.1. The second-order valence-electron chi connectivity index (χ2n) is 18.1. The molecule has 0 radical (unpaired) electrons. The Hall–Kier alpha value is -4.46. The van der Waals surface area contributed by atoms with Crippen LogP contribution in [0.2, 0.25) is 0 Å². The van der Waals surface area contributed by atoms with E-state index in [1.54, 1.807) is 21.3 Å². The molecule has 0 fully saturated rings. The highest BCUT2D eigenvalue weighted by Crippen LogP contribution is 2.49. The molecule has 0 saturated heterocycles. The fourth-order valence-electron chi connectivity index (χ4n) is 8.87. The van der Waals surface area contributed by atoms with Gasteiger partial charge in [0.1, 0.15) is 24.7 Å². The summed E-state index contributed by atoms with van der Waals surface area (Å²) in [5.74, 6) is 1.87. The van der Waals surface area contributed by atoms with Gasteiger partial charge in [0.05, 0.1) is 19.1 Å². The molecular weight excluding hydrogens is 707 g/mol. The van der Waals surface area contributed by atoms with Gasteiger partial charge in [-0.15, -0.1) is 0 Å². The number of ether oxygens (including phenoxy) is 4. The van der Waals surface area contributed by atoms with Crippen LogP contribution in [0.25, 0.3) is 0 Å². The number of methoxy groups -OCH3 is 3. The number of benzene rings is 2. The fourth-order valence-corrected chi connectivity index (χ4v) is 8.87. The molecule has 2 aliphatic heterocycles. The smallest absolute Gasteiger partial charge is 0.210 e. The Morgan fingerprint density at radius 1 is 0.825 bits per heavy atom. The molecule has 0 saturated carbocycles. The van der Waals surface area contributed by atoms with Crippen molar-refractivity contribution >= 4 is 17.1 Å². The van der Waals surface area contributed by atoms with Gasteiger partial charge in [-0.05, 0) is 87.1 Å². The van der Waals surface area contributed by atoms with E-state index >= 15 is 0 Å². The van der Waals surface area contributed by atoms with Gasteiger partial charge in [-0.25, -0.2) is 4.57 Å². The average Bonchev–Trinajstić information content (AvgIpc) is 3.72. The quantitative estimate of drug-likeness (QED) is 0.114. The third-order valence-electron chi connectivity index (χ3n) is 12.1. The number of nitrogens with zero attached hydrogens (tertiary/aromatic N) is 3. The minimum absolute atomic E-state index is 0.148. The number of fused-ring (bicyclic) bond motifs is 2. The molecule has 2 aromatic carbocycles. The first-order valence-corrected chi connectivity index (χ1v) is 20.8. The molecule has 304 valence electrons. The van der Waals surface area contributed by atoms with Crippen LogP contribution in [-0.4, -0.2) is 57.9 Å². The van der Waals surface area contributed by atoms with Crippen molar-refractivity contribution < 1.29 is 28.1 Å². The maximum atomic E-state index is 7.38. The molecule has 1 atom stereocenters. The molecule has 7 nitrogen and oxygen atoms in total. The molecular formula is C50H67N3O4+2. The minimum atomic E-state index is -0.224. The topological polar surface area (TPSA) is 47.1 Å². The molecule has 0 N–H and O–H groups in total. The summed E-state index contributed by atoms with van der Waals surface area (Å²) in [4.78, 5) is 2.51. The molecule has 6 rings (SSSR count). The molecule has 7 heteroatoms. The zero-order valence-electron chi connectivity index (χ0n) is 36.8. The molecule has 0 bridgehead atoms. The number of aryl methyl sites for hydroxylation is 2. The van der Waals surface area contributed by atoms with E-state index in [1.807, 2.05) is 0 Å². The predicted octanol–water partition coefficient (Wildman–Crippen LogP) is 10.3. The first kappa shape index (κ1) is 42.2. The van der Waals surface area contributed by atoms with Crippen LogP contribution in [0.1, 0.15) is 103 Å². The molecule has 0 amide bonds. The van der Waals surface area contributed by atoms with Crippen LogP contribution in [0.3, 0.4) is 0 Å². The van der Waals surface area contributed by atoms with E-state index in [1.165, 1.54) is 56.2 Å². The van der Waals surface area contributed by atoms with Crippen molar-refractivity contribution in [2.45, 2.75) is 98.0 Å². The summed E-state index contributed by atoms with van der Waals surface area (Å²) in [6.07, 6.45) is 17.2. The van der Waals surface area contributed by atoms with Crippen LogP contribution in [-0.2, 0) is 32.1 Å². The highest BCUT2D eigenvalue weighted by molar-refractivity contribution is 6.03. The Kier molecular flexibility index (Phi) is 12.7. The lowest BCUT2D eigenvalue weighted by atomic mass is 9.81. The summed E-state index contributed by atoms with van der Waals surface area (Å²) < 4.78 is 28.6. The first-order valence-electron chi connectivity index (χ1n) is 20.8. The molecule has 57 heavy (non-hydrogen) atoms. The molecule has 3 aromatic rings. The normalized spacial score (nSPS) is 19.3. The van der Waals surface area contributed by atoms with Crippen LogP contribution in [0.4, 0.5) is 11.4 Å². The predicted molar refractivity (Wildman–Crippen MR) is 233 cm³/mol. The molecule has 3 aliphatic rings. The van der Waals surface area contributed by atoms with Crippen molar-refractivity contribution in [2.75, 3.05) is 52.5 Å². The number of hydrogen-bond acceptors (Lipinski definition) is 5. The van der Waals surface area contributed by atoms with Crippen molar-refractivity contribution in [1.82, 2.24) is 0 Å². The first-order chi connectivity index (χ1) is 27.1. The summed E-state index contributed by atoms with van der Waals surface area (Å²) >= 11 is 0. The number of aromatic nitrogens is 1. The van der Waals surface area contributed by atoms with Gasteiger partial charge < -0.3 is 23.8 Å². The standard InChI is InChI=1S/C50H67N3O4/c1-35-15-21-42-40(33-35)49(5,6)44(52(42)27-13-31-54-10)23-18-36-16-17-37(46(36)57-47(48(2,3)4)38-25-29-51(9)30-26-38)19-24-45-50(7,8)41-34-39(56-12)20-22-43(41)53(45)28-14-32-55-11/h15,18-26,29-30,33-34,47H,13-14,16-17,27-28,31-32H2,1-12H3/q+2. The molecule has 0 spiro atoms. The van der Waals surface area contributed by atoms with Crippen molar-refractivity contribution in [1.29, 1.82) is 0 Å². The molecule has 1 aliphatic carbocycles. The average molecular weight is 774 g/mol. The van der Waals surface area contributed by atoms with Gasteiger partial charge in [-0.2, -0.15) is 4.58 Å². The number of anilines is 1. The molecule has 1 aromatic heterocycles. The summed E-state index contributed by atoms with van der Waals surface area (Å²) in [5.41, 5.74) is 12.1. The number of allylic oxidation sites excluding steroid dienone is 7. The van der Waals surface area contributed by atoms with Crippen molar-refractivity contribution in [3.63, 3.8) is 0 Å². The number of hydrogen-bond donors (Lipinski definition) is 0. The van der Waals surface area contributed by atoms with Crippen LogP contribution in [0.5, 0.6) is 5.75 Å². The lowest BCUT2D eigenvalue weighted by molar-refractivity contribution is -0.671. The summed E-state index contributed by atoms with van der Waals surface area (Å²) in [5, 5.41) is 0. The number of pyridine rings is 1. The molecule has 1 unspecified atom stereocenters. The maximum absolute atomic E-state index is 7.38. The summed E-state index contributed by atoms with van der Waals surface area (Å²) in [6, 6.07) is 17.8. The van der Waals surface area contributed by atoms with Crippen LogP contribution in [0.15, 0.2) is 108 Å². The van der Waals surface area contributed by atoms with E-state index in [2.05, 4.69) is 162 Å². The van der Waals surface area contributed by atoms with Gasteiger partial charge in [-0.1, -0.05) is 58.4 Å². The van der Waals surface area contributed by atoms with Gasteiger partial charge in [0.25, 0.3) is 0 Å². The van der Waals surface area contributed by atoms with Gasteiger partial charge in [0.2, 0.25) is 5.69 Å². The third kappa shape index (κ3) is 8.71. The van der Waals surface area contributed by atoms with Crippen LogP contribution in [0, 0.1) is 12.3 Å². The van der Waals surface area contributed by atoms with E-state index < -0.39 is 0 Å². The summed E-state index contributed by atoms with van der Waals surface area (Å²) in [6.45, 7) is 21.6. The summed E-state index contributed by atoms with van der Waals surface area (Å²) in [7, 11) is 7.37. The lowest BCUT2D eigenvalue weighted by Gasteiger charge is -2.32. The lowest BCUT2D eigenvalue weighted by Crippen LogP contribution is -2.28. The molecule has 3 heterocycles. The van der Waals surface area contributed by atoms with E-state index in [0.29, 0.717) is 6.61 Å². The fraction of sp³-hybridized carbons (Fsp3) is 0.480. The minimum Gasteiger partial charge on any atom is -0.497 e. The van der Waals surface area contributed by atoms with E-state index in [0.717, 1.165) is 56.9 Å². The Balaban J connectivity index is 1.47. The highest BCUT2D eigenvalue weighted by atomic mass is 16.5. The van der Waals surface area contributed by atoms with E-state index in [9.17, 15) is 0 Å². The SMILES string of the molecule is COCCCN1/C(=C/C=C2\CCC(/C=C/C3=[N+](CCCOC)c4ccc(OC)cc4C3(C)C)=C2OC(c2cc[n+](C)cc2)C(C)(C)C)C(C)(C)c2cc(C)ccc21. The Morgan fingerprint density at radius 2 is 1.54 bits per heavy atom. The van der Waals surface area contributed by atoms with E-state index in [4.69, 9.17) is 18.9 Å².